The van der Waals surface area contributed by atoms with E-state index in [9.17, 15) is 18.0 Å². The molecule has 0 radical (unpaired) electrons. The number of hydrogen-bond donors (Lipinski definition) is 1. The van der Waals surface area contributed by atoms with E-state index in [-0.39, 0.29) is 34.3 Å². The van der Waals surface area contributed by atoms with Gasteiger partial charge in [-0.3, -0.25) is 9.48 Å². The summed E-state index contributed by atoms with van der Waals surface area (Å²) in [5, 5.41) is 6.38. The summed E-state index contributed by atoms with van der Waals surface area (Å²) in [6.07, 6.45) is 2.78. The van der Waals surface area contributed by atoms with Crippen molar-refractivity contribution in [1.29, 1.82) is 0 Å². The molecule has 1 fully saturated rings. The quantitative estimate of drug-likeness (QED) is 0.659. The van der Waals surface area contributed by atoms with Gasteiger partial charge in [-0.2, -0.15) is 9.40 Å². The van der Waals surface area contributed by atoms with Crippen molar-refractivity contribution in [2.24, 2.45) is 7.05 Å². The van der Waals surface area contributed by atoms with E-state index in [0.717, 1.165) is 0 Å². The average Bonchev–Trinajstić information content (AvgIpc) is 3.14. The fraction of sp³-hybridized carbons (Fsp3) is 0.353. The number of sulfonamides is 1. The summed E-state index contributed by atoms with van der Waals surface area (Å²) in [7, 11) is -2.19. The standard InChI is InChI=1S/C17H19ClN4O6S/c1-21-10-12(9-19-21)17(24)28-11-16(23)20-13-2-3-14(18)15(8-13)29(25,26)22-4-6-27-7-5-22/h2-3,8-10H,4-7,11H2,1H3,(H,20,23). The second kappa shape index (κ2) is 8.91. The van der Waals surface area contributed by atoms with Crippen molar-refractivity contribution in [3.63, 3.8) is 0 Å². The minimum absolute atomic E-state index is 0.0393. The number of aromatic nitrogens is 2. The van der Waals surface area contributed by atoms with Crippen LogP contribution >= 0.6 is 11.6 Å². The number of carbonyl (C=O) groups excluding carboxylic acids is 2. The number of benzene rings is 1. The van der Waals surface area contributed by atoms with Crippen LogP contribution in [0.25, 0.3) is 0 Å². The summed E-state index contributed by atoms with van der Waals surface area (Å²) in [4.78, 5) is 23.8. The predicted molar refractivity (Wildman–Crippen MR) is 103 cm³/mol. The Labute approximate surface area is 172 Å². The second-order valence-corrected chi connectivity index (χ2v) is 8.50. The normalized spacial score (nSPS) is 15.1. The molecule has 1 aliphatic heterocycles. The number of carbonyl (C=O) groups is 2. The van der Waals surface area contributed by atoms with Crippen LogP contribution in [0, 0.1) is 0 Å². The third kappa shape index (κ3) is 5.12. The molecule has 1 aromatic carbocycles. The molecule has 29 heavy (non-hydrogen) atoms. The van der Waals surface area contributed by atoms with Crippen LogP contribution in [0.4, 0.5) is 5.69 Å². The Bertz CT molecular complexity index is 1020. The van der Waals surface area contributed by atoms with Crippen molar-refractivity contribution in [2.75, 3.05) is 38.2 Å². The van der Waals surface area contributed by atoms with Gasteiger partial charge in [-0.25, -0.2) is 13.2 Å². The van der Waals surface area contributed by atoms with Crippen molar-refractivity contribution in [3.05, 3.63) is 41.2 Å². The van der Waals surface area contributed by atoms with Gasteiger partial charge in [-0.1, -0.05) is 11.6 Å². The molecule has 0 unspecified atom stereocenters. The number of nitrogens with zero attached hydrogens (tertiary/aromatic N) is 3. The van der Waals surface area contributed by atoms with Crippen LogP contribution in [-0.4, -0.2) is 67.3 Å². The number of morpholine rings is 1. The van der Waals surface area contributed by atoms with Crippen LogP contribution in [0.1, 0.15) is 10.4 Å². The first-order chi connectivity index (χ1) is 13.8. The lowest BCUT2D eigenvalue weighted by molar-refractivity contribution is -0.119. The van der Waals surface area contributed by atoms with Crippen molar-refractivity contribution in [2.45, 2.75) is 4.90 Å². The van der Waals surface area contributed by atoms with Crippen molar-refractivity contribution >= 4 is 39.2 Å². The maximum atomic E-state index is 12.8. The summed E-state index contributed by atoms with van der Waals surface area (Å²) in [6.45, 7) is 0.506. The van der Waals surface area contributed by atoms with Crippen LogP contribution in [0.15, 0.2) is 35.5 Å². The van der Waals surface area contributed by atoms with Gasteiger partial charge in [0.2, 0.25) is 10.0 Å². The molecule has 12 heteroatoms. The number of rotatable bonds is 6. The largest absolute Gasteiger partial charge is 0.452 e. The Kier molecular flexibility index (Phi) is 6.52. The molecule has 3 rings (SSSR count). The van der Waals surface area contributed by atoms with E-state index in [1.807, 2.05) is 0 Å². The lowest BCUT2D eigenvalue weighted by Gasteiger charge is -2.26. The molecule has 1 N–H and O–H groups in total. The third-order valence-electron chi connectivity index (χ3n) is 4.08. The SMILES string of the molecule is Cn1cc(C(=O)OCC(=O)Nc2ccc(Cl)c(S(=O)(=O)N3CCOCC3)c2)cn1. The Morgan fingerprint density at radius 2 is 2.03 bits per heavy atom. The molecule has 0 atom stereocenters. The third-order valence-corrected chi connectivity index (χ3v) is 6.46. The highest BCUT2D eigenvalue weighted by atomic mass is 35.5. The van der Waals surface area contributed by atoms with Gasteiger partial charge >= 0.3 is 5.97 Å². The van der Waals surface area contributed by atoms with E-state index >= 15 is 0 Å². The molecule has 10 nitrogen and oxygen atoms in total. The molecule has 0 bridgehead atoms. The molecule has 0 aliphatic carbocycles. The number of halogens is 1. The minimum Gasteiger partial charge on any atom is -0.452 e. The van der Waals surface area contributed by atoms with E-state index in [1.54, 1.807) is 7.05 Å². The molecular formula is C17H19ClN4O6S. The number of ether oxygens (including phenoxy) is 2. The smallest absolute Gasteiger partial charge is 0.341 e. The summed E-state index contributed by atoms with van der Waals surface area (Å²) < 4.78 is 38.4. The number of hydrogen-bond acceptors (Lipinski definition) is 7. The Morgan fingerprint density at radius 3 is 2.69 bits per heavy atom. The maximum absolute atomic E-state index is 12.8. The maximum Gasteiger partial charge on any atom is 0.341 e. The van der Waals surface area contributed by atoms with Gasteiger partial charge in [-0.05, 0) is 18.2 Å². The van der Waals surface area contributed by atoms with Gasteiger partial charge in [0.15, 0.2) is 6.61 Å². The first kappa shape index (κ1) is 21.2. The fourth-order valence-electron chi connectivity index (χ4n) is 2.64. The first-order valence-corrected chi connectivity index (χ1v) is 10.4. The van der Waals surface area contributed by atoms with Crippen molar-refractivity contribution in [3.8, 4) is 0 Å². The number of amides is 1. The van der Waals surface area contributed by atoms with E-state index in [2.05, 4.69) is 10.4 Å². The van der Waals surface area contributed by atoms with Crippen LogP contribution in [-0.2, 0) is 31.3 Å². The monoisotopic (exact) mass is 442 g/mol. The summed E-state index contributed by atoms with van der Waals surface area (Å²) >= 11 is 6.08. The lowest BCUT2D eigenvalue weighted by Crippen LogP contribution is -2.40. The topological polar surface area (TPSA) is 120 Å². The summed E-state index contributed by atoms with van der Waals surface area (Å²) in [5.41, 5.74) is 0.425. The number of aryl methyl sites for hydroxylation is 1. The average molecular weight is 443 g/mol. The number of esters is 1. The Morgan fingerprint density at radius 1 is 1.31 bits per heavy atom. The molecule has 2 aromatic rings. The number of anilines is 1. The highest BCUT2D eigenvalue weighted by Gasteiger charge is 2.28. The predicted octanol–water partition coefficient (Wildman–Crippen LogP) is 0.890. The lowest BCUT2D eigenvalue weighted by atomic mass is 10.3. The van der Waals surface area contributed by atoms with Crippen molar-refractivity contribution < 1.29 is 27.5 Å². The molecule has 156 valence electrons. The van der Waals surface area contributed by atoms with Crippen LogP contribution in [0.2, 0.25) is 5.02 Å². The molecule has 0 spiro atoms. The molecule has 1 aliphatic rings. The minimum atomic E-state index is -3.83. The zero-order valence-electron chi connectivity index (χ0n) is 15.5. The highest BCUT2D eigenvalue weighted by molar-refractivity contribution is 7.89. The van der Waals surface area contributed by atoms with E-state index in [1.165, 1.54) is 39.6 Å². The van der Waals surface area contributed by atoms with Gasteiger partial charge < -0.3 is 14.8 Å². The van der Waals surface area contributed by atoms with Gasteiger partial charge in [0.1, 0.15) is 4.90 Å². The summed E-state index contributed by atoms with van der Waals surface area (Å²) in [5.74, 6) is -1.32. The van der Waals surface area contributed by atoms with E-state index in [0.29, 0.717) is 13.2 Å². The molecule has 1 amide bonds. The fourth-order valence-corrected chi connectivity index (χ4v) is 4.55. The molecular weight excluding hydrogens is 424 g/mol. The van der Waals surface area contributed by atoms with Crippen molar-refractivity contribution in [1.82, 2.24) is 14.1 Å². The number of nitrogens with one attached hydrogen (secondary N) is 1. The summed E-state index contributed by atoms with van der Waals surface area (Å²) in [6, 6.07) is 4.11. The van der Waals surface area contributed by atoms with E-state index < -0.39 is 28.5 Å². The van der Waals surface area contributed by atoms with Gasteiger partial charge in [0.05, 0.1) is 30.0 Å². The van der Waals surface area contributed by atoms with Gasteiger partial charge in [0, 0.05) is 32.0 Å². The zero-order chi connectivity index (χ0) is 21.0. The van der Waals surface area contributed by atoms with Gasteiger partial charge in [-0.15, -0.1) is 0 Å². The molecule has 1 saturated heterocycles. The second-order valence-electron chi connectivity index (χ2n) is 6.19. The molecule has 2 heterocycles. The Balaban J connectivity index is 1.66. The van der Waals surface area contributed by atoms with Crippen LogP contribution in [0.3, 0.4) is 0 Å². The van der Waals surface area contributed by atoms with E-state index in [4.69, 9.17) is 21.1 Å². The molecule has 1 aromatic heterocycles. The van der Waals surface area contributed by atoms with Crippen LogP contribution in [0.5, 0.6) is 0 Å². The van der Waals surface area contributed by atoms with Gasteiger partial charge in [0.25, 0.3) is 5.91 Å². The first-order valence-electron chi connectivity index (χ1n) is 8.60. The Hall–Kier alpha value is -2.47. The zero-order valence-corrected chi connectivity index (χ0v) is 17.1. The highest BCUT2D eigenvalue weighted by Crippen LogP contribution is 2.28. The van der Waals surface area contributed by atoms with Crippen LogP contribution < -0.4 is 5.32 Å². The molecule has 0 saturated carbocycles.